The third-order valence-corrected chi connectivity index (χ3v) is 3.08. The number of halogens is 7. The highest BCUT2D eigenvalue weighted by Gasteiger charge is 2.44. The van der Waals surface area contributed by atoms with Crippen LogP contribution >= 0.6 is 0 Å². The maximum Gasteiger partial charge on any atom is 0.361 e. The van der Waals surface area contributed by atoms with Gasteiger partial charge in [0.2, 0.25) is 0 Å². The third-order valence-electron chi connectivity index (χ3n) is 0.622. The molecule has 0 saturated heterocycles. The van der Waals surface area contributed by atoms with E-state index in [2.05, 4.69) is 0 Å². The number of rotatable bonds is 4. The summed E-state index contributed by atoms with van der Waals surface area (Å²) in [5, 5.41) is 0. The Morgan fingerprint density at radius 3 is 1.09 bits per heavy atom. The van der Waals surface area contributed by atoms with Gasteiger partial charge in [0.05, 0.1) is 0 Å². The van der Waals surface area contributed by atoms with E-state index in [1.807, 2.05) is 0 Å². The van der Waals surface area contributed by atoms with E-state index in [1.165, 1.54) is 0 Å². The molecule has 0 spiro atoms. The van der Waals surface area contributed by atoms with Gasteiger partial charge in [0.15, 0.2) is 0 Å². The monoisotopic (exact) mass is 293 g/mol. The lowest BCUT2D eigenvalue weighted by atomic mass is 10.8. The molecule has 0 aromatic rings. The van der Waals surface area contributed by atoms with Crippen molar-refractivity contribution >= 4 is 0 Å². The number of hydrogen-bond acceptors (Lipinski definition) is 0. The molecule has 0 aromatic carbocycles. The van der Waals surface area contributed by atoms with Gasteiger partial charge in [-0.1, -0.05) is 0 Å². The van der Waals surface area contributed by atoms with Gasteiger partial charge in [0.25, 0.3) is 0 Å². The first-order chi connectivity index (χ1) is 4.95. The van der Waals surface area contributed by atoms with Crippen LogP contribution in [0, 0.1) is 0 Å². The zero-order chi connectivity index (χ0) is 9.02. The van der Waals surface area contributed by atoms with E-state index in [-0.39, 0.29) is 0 Å². The van der Waals surface area contributed by atoms with Crippen LogP contribution in [0.25, 0.3) is 0 Å². The number of hydrogen-bond donors (Lipinski definition) is 0. The highest BCUT2D eigenvalue weighted by atomic mass is 127. The van der Waals surface area contributed by atoms with Crippen molar-refractivity contribution in [3.63, 3.8) is 0 Å². The van der Waals surface area contributed by atoms with Crippen molar-refractivity contribution in [1.29, 1.82) is 0 Å². The second kappa shape index (κ2) is 5.04. The van der Waals surface area contributed by atoms with E-state index >= 15 is 0 Å². The molecule has 0 N–H and O–H groups in total. The van der Waals surface area contributed by atoms with Crippen LogP contribution in [0.3, 0.4) is 0 Å². The van der Waals surface area contributed by atoms with Crippen LogP contribution in [0.5, 0.6) is 0 Å². The normalized spacial score (nSPS) is 17.5. The molecule has 0 heterocycles. The maximum absolute atomic E-state index is 11.9. The quantitative estimate of drug-likeness (QED) is 0.362. The van der Waals surface area contributed by atoms with E-state index in [9.17, 15) is 26.3 Å². The molecule has 0 fully saturated rings. The highest BCUT2D eigenvalue weighted by molar-refractivity contribution is 4.42. The molecule has 11 heavy (non-hydrogen) atoms. The zero-order valence-electron chi connectivity index (χ0n) is 4.96. The molecule has 2 unspecified atom stereocenters. The molecule has 0 aromatic heterocycles. The fourth-order valence-corrected chi connectivity index (χ4v) is 1.51. The van der Waals surface area contributed by atoms with Gasteiger partial charge in [-0.05, 0) is 0 Å². The van der Waals surface area contributed by atoms with Crippen molar-refractivity contribution in [1.82, 2.24) is 0 Å². The topological polar surface area (TPSA) is 0 Å². The van der Waals surface area contributed by atoms with Gasteiger partial charge in [-0.15, -0.1) is 0 Å². The summed E-state index contributed by atoms with van der Waals surface area (Å²) in [5.74, 6) is 0. The summed E-state index contributed by atoms with van der Waals surface area (Å²) >= 11 is -2.41. The molecule has 0 bridgehead atoms. The van der Waals surface area contributed by atoms with E-state index < -0.39 is 42.4 Å². The smallest absolute Gasteiger partial charge is 0.202 e. The molecule has 0 radical (unpaired) electrons. The minimum Gasteiger partial charge on any atom is -0.202 e. The summed E-state index contributed by atoms with van der Waals surface area (Å²) in [6, 6.07) is 0. The Labute approximate surface area is 69.2 Å². The minimum atomic E-state index is -3.35. The Morgan fingerprint density at radius 2 is 0.909 bits per heavy atom. The van der Waals surface area contributed by atoms with E-state index in [0.29, 0.717) is 0 Å². The van der Waals surface area contributed by atoms with Crippen molar-refractivity contribution in [2.24, 2.45) is 0 Å². The van der Waals surface area contributed by atoms with Crippen molar-refractivity contribution < 1.29 is 47.5 Å². The molecular weight excluding hydrogens is 289 g/mol. The molecule has 0 saturated carbocycles. The van der Waals surface area contributed by atoms with Crippen LogP contribution in [0.15, 0.2) is 0 Å². The first-order valence-electron chi connectivity index (χ1n) is 2.41. The van der Waals surface area contributed by atoms with Gasteiger partial charge >= 0.3 is 42.4 Å². The van der Waals surface area contributed by atoms with Gasteiger partial charge < -0.3 is 0 Å². The summed E-state index contributed by atoms with van der Waals surface area (Å²) in [4.78, 5) is 0. The van der Waals surface area contributed by atoms with Crippen molar-refractivity contribution in [3.8, 4) is 0 Å². The van der Waals surface area contributed by atoms with Crippen LogP contribution < -0.4 is 21.2 Å². The summed E-state index contributed by atoms with van der Waals surface area (Å²) in [7, 11) is 0. The molecule has 0 amide bonds. The minimum absolute atomic E-state index is 2.41. The Bertz CT molecular complexity index is 94.8. The average molecular weight is 293 g/mol. The van der Waals surface area contributed by atoms with E-state index in [4.69, 9.17) is 0 Å². The Hall–Kier alpha value is 0.310. The molecule has 0 aliphatic rings. The maximum atomic E-state index is 11.9. The van der Waals surface area contributed by atoms with Crippen LogP contribution in [0.1, 0.15) is 0 Å². The highest BCUT2D eigenvalue weighted by Crippen LogP contribution is 1.98. The Balaban J connectivity index is 3.66. The molecule has 0 nitrogen and oxygen atoms in total. The van der Waals surface area contributed by atoms with Crippen molar-refractivity contribution in [2.45, 2.75) is 21.2 Å². The average Bonchev–Trinajstić information content (AvgIpc) is 1.87. The van der Waals surface area contributed by atoms with E-state index in [0.717, 1.165) is 0 Å². The lowest BCUT2D eigenvalue weighted by Gasteiger charge is -1.96. The van der Waals surface area contributed by atoms with Crippen molar-refractivity contribution in [3.05, 3.63) is 0 Å². The van der Waals surface area contributed by atoms with Crippen LogP contribution in [-0.4, -0.2) is 21.2 Å². The van der Waals surface area contributed by atoms with Crippen molar-refractivity contribution in [2.75, 3.05) is 0 Å². The van der Waals surface area contributed by atoms with Gasteiger partial charge in [0.1, 0.15) is 0 Å². The van der Waals surface area contributed by atoms with Gasteiger partial charge in [-0.3, -0.25) is 0 Å². The van der Waals surface area contributed by atoms with Gasteiger partial charge in [-0.25, -0.2) is 17.6 Å². The molecule has 0 aliphatic carbocycles. The molecule has 7 heteroatoms. The summed E-state index contributed by atoms with van der Waals surface area (Å²) in [6.45, 7) is 0. The van der Waals surface area contributed by atoms with Crippen LogP contribution in [0.2, 0.25) is 0 Å². The first kappa shape index (κ1) is 11.3. The fourth-order valence-electron chi connectivity index (χ4n) is 0.225. The lowest BCUT2D eigenvalue weighted by Crippen LogP contribution is -3.68. The second-order valence-corrected chi connectivity index (χ2v) is 4.56. The van der Waals surface area contributed by atoms with Gasteiger partial charge in [-0.2, -0.15) is 8.78 Å². The Morgan fingerprint density at radius 1 is 0.636 bits per heavy atom. The predicted molar refractivity (Wildman–Crippen MR) is 21.8 cm³/mol. The third kappa shape index (κ3) is 4.70. The Kier molecular flexibility index (Phi) is 5.19. The van der Waals surface area contributed by atoms with E-state index in [1.54, 1.807) is 0 Å². The zero-order valence-corrected chi connectivity index (χ0v) is 7.11. The van der Waals surface area contributed by atoms with Crippen LogP contribution in [0.4, 0.5) is 26.3 Å². The molecular formula is C4H4F6I+. The number of alkyl halides is 8. The fraction of sp³-hybridized carbons (Fsp3) is 1.00. The summed E-state index contributed by atoms with van der Waals surface area (Å²) in [6.07, 6.45) is -6.69. The first-order valence-corrected chi connectivity index (χ1v) is 4.90. The van der Waals surface area contributed by atoms with Crippen LogP contribution in [-0.2, 0) is 0 Å². The summed E-state index contributed by atoms with van der Waals surface area (Å²) < 4.78 is 63.5. The largest absolute Gasteiger partial charge is 0.361 e. The SMILES string of the molecule is FC(F)C(F)[I+]C(F)C(F)F. The second-order valence-electron chi connectivity index (χ2n) is 1.46. The van der Waals surface area contributed by atoms with Gasteiger partial charge in [0, 0.05) is 0 Å². The predicted octanol–water partition coefficient (Wildman–Crippen LogP) is -0.803. The summed E-state index contributed by atoms with van der Waals surface area (Å²) in [5.41, 5.74) is 0. The standard InChI is InChI=1S/C4H4F6I/c5-1(6)3(9)11-4(10)2(7)8/h1-4H/q+1. The lowest BCUT2D eigenvalue weighted by molar-refractivity contribution is -0.777. The molecule has 2 atom stereocenters. The molecule has 0 aliphatic heterocycles. The molecule has 0 rings (SSSR count). The molecule has 68 valence electrons.